The van der Waals surface area contributed by atoms with Crippen molar-refractivity contribution in [3.63, 3.8) is 0 Å². The molecule has 0 aliphatic heterocycles. The lowest BCUT2D eigenvalue weighted by Gasteiger charge is -2.26. The lowest BCUT2D eigenvalue weighted by atomic mass is 10.3. The number of nitro benzene ring substituents is 1. The van der Waals surface area contributed by atoms with Crippen LogP contribution < -0.4 is 10.0 Å². The Hall–Kier alpha value is -0.850. The molecular formula is C10H14Cl2N3O4P. The van der Waals surface area contributed by atoms with Gasteiger partial charge in [0.2, 0.25) is 0 Å². The molecule has 0 bridgehead atoms. The minimum Gasteiger partial charge on any atom is -0.422 e. The summed E-state index contributed by atoms with van der Waals surface area (Å²) in [7, 11) is -3.60. The summed E-state index contributed by atoms with van der Waals surface area (Å²) in [6.45, 7) is 0.518. The molecular weight excluding hydrogens is 328 g/mol. The number of hydrogen-bond donors (Lipinski definition) is 1. The number of rotatable bonds is 8. The summed E-state index contributed by atoms with van der Waals surface area (Å²) in [6, 6.07) is 5.14. The second-order valence-corrected chi connectivity index (χ2v) is 6.37. The smallest absolute Gasteiger partial charge is 0.390 e. The van der Waals surface area contributed by atoms with E-state index in [0.29, 0.717) is 0 Å². The molecule has 0 saturated carbocycles. The van der Waals surface area contributed by atoms with Crippen molar-refractivity contribution in [3.05, 3.63) is 34.4 Å². The van der Waals surface area contributed by atoms with Crippen LogP contribution in [0.25, 0.3) is 0 Å². The van der Waals surface area contributed by atoms with Gasteiger partial charge in [0.15, 0.2) is 0 Å². The quantitative estimate of drug-likeness (QED) is 0.338. The van der Waals surface area contributed by atoms with Crippen molar-refractivity contribution >= 4 is 36.6 Å². The fraction of sp³-hybridized carbons (Fsp3) is 0.400. The number of benzene rings is 1. The maximum Gasteiger partial charge on any atom is 0.390 e. The Morgan fingerprint density at radius 3 is 2.15 bits per heavy atom. The van der Waals surface area contributed by atoms with Gasteiger partial charge in [0.05, 0.1) is 4.92 Å². The minimum atomic E-state index is -3.60. The van der Waals surface area contributed by atoms with Crippen molar-refractivity contribution in [1.29, 1.82) is 0 Å². The standard InChI is InChI=1S/C10H14Cl2N3O4P/c11-5-7-14(8-6-12)20(13,18)19-10-3-1-9(2-4-10)15(16)17/h1-4H,5-8H2,(H2,13,18). The summed E-state index contributed by atoms with van der Waals surface area (Å²) in [5.41, 5.74) is 5.58. The maximum absolute atomic E-state index is 12.3. The summed E-state index contributed by atoms with van der Waals surface area (Å²) in [5.74, 6) is 0.624. The van der Waals surface area contributed by atoms with Crippen LogP contribution in [0.5, 0.6) is 5.75 Å². The van der Waals surface area contributed by atoms with Crippen molar-refractivity contribution in [2.24, 2.45) is 5.50 Å². The highest BCUT2D eigenvalue weighted by Crippen LogP contribution is 2.43. The fourth-order valence-electron chi connectivity index (χ4n) is 1.42. The molecule has 10 heteroatoms. The van der Waals surface area contributed by atoms with E-state index in [9.17, 15) is 14.7 Å². The summed E-state index contributed by atoms with van der Waals surface area (Å²) >= 11 is 11.2. The van der Waals surface area contributed by atoms with E-state index in [4.69, 9.17) is 33.2 Å². The molecule has 1 aromatic rings. The van der Waals surface area contributed by atoms with Crippen molar-refractivity contribution in [1.82, 2.24) is 4.67 Å². The van der Waals surface area contributed by atoms with E-state index in [1.807, 2.05) is 0 Å². The Balaban J connectivity index is 2.82. The zero-order chi connectivity index (χ0) is 15.2. The van der Waals surface area contributed by atoms with Gasteiger partial charge in [-0.3, -0.25) is 10.1 Å². The Labute approximate surface area is 126 Å². The van der Waals surface area contributed by atoms with Crippen LogP contribution in [0.4, 0.5) is 5.69 Å². The molecule has 0 aromatic heterocycles. The number of hydrogen-bond acceptors (Lipinski definition) is 4. The number of nitrogens with zero attached hydrogens (tertiary/aromatic N) is 2. The van der Waals surface area contributed by atoms with E-state index < -0.39 is 12.6 Å². The monoisotopic (exact) mass is 341 g/mol. The third-order valence-corrected chi connectivity index (χ3v) is 4.36. The average molecular weight is 342 g/mol. The minimum absolute atomic E-state index is 0.0948. The molecule has 20 heavy (non-hydrogen) atoms. The van der Waals surface area contributed by atoms with Crippen LogP contribution in [0, 0.1) is 10.1 Å². The summed E-state index contributed by atoms with van der Waals surface area (Å²) in [5, 5.41) is 10.5. The molecule has 1 atom stereocenters. The zero-order valence-electron chi connectivity index (χ0n) is 10.4. The van der Waals surface area contributed by atoms with Crippen LogP contribution in [-0.2, 0) is 4.57 Å². The van der Waals surface area contributed by atoms with Crippen LogP contribution in [0.1, 0.15) is 0 Å². The van der Waals surface area contributed by atoms with E-state index >= 15 is 0 Å². The Morgan fingerprint density at radius 1 is 1.25 bits per heavy atom. The molecule has 2 N–H and O–H groups in total. The lowest BCUT2D eigenvalue weighted by Crippen LogP contribution is -2.30. The van der Waals surface area contributed by atoms with Crippen molar-refractivity contribution < 1.29 is 14.0 Å². The van der Waals surface area contributed by atoms with Crippen molar-refractivity contribution in [2.75, 3.05) is 24.8 Å². The zero-order valence-corrected chi connectivity index (χ0v) is 12.9. The SMILES string of the molecule is NP(=O)(Oc1ccc([N+](=O)[O-])cc1)N(CCCl)CCCl. The predicted octanol–water partition coefficient (Wildman–Crippen LogP) is 2.82. The topological polar surface area (TPSA) is 98.7 Å². The average Bonchev–Trinajstić information content (AvgIpc) is 2.38. The number of non-ortho nitro benzene ring substituents is 1. The molecule has 0 aliphatic carbocycles. The first-order valence-electron chi connectivity index (χ1n) is 5.60. The molecule has 1 unspecified atom stereocenters. The van der Waals surface area contributed by atoms with Crippen LogP contribution in [0.2, 0.25) is 0 Å². The van der Waals surface area contributed by atoms with Crippen molar-refractivity contribution in [2.45, 2.75) is 0 Å². The highest BCUT2D eigenvalue weighted by Gasteiger charge is 2.28. The number of nitrogens with two attached hydrogens (primary N) is 1. The normalized spacial score (nSPS) is 14.0. The molecule has 1 rings (SSSR count). The van der Waals surface area contributed by atoms with Gasteiger partial charge >= 0.3 is 7.67 Å². The first-order chi connectivity index (χ1) is 9.40. The summed E-state index contributed by atoms with van der Waals surface area (Å²) in [6.07, 6.45) is 0. The largest absolute Gasteiger partial charge is 0.422 e. The molecule has 7 nitrogen and oxygen atoms in total. The molecule has 0 spiro atoms. The Bertz CT molecular complexity index is 494. The Morgan fingerprint density at radius 2 is 1.75 bits per heavy atom. The van der Waals surface area contributed by atoms with Crippen molar-refractivity contribution in [3.8, 4) is 5.75 Å². The third-order valence-electron chi connectivity index (χ3n) is 2.36. The second-order valence-electron chi connectivity index (χ2n) is 3.74. The van der Waals surface area contributed by atoms with Gasteiger partial charge in [-0.15, -0.1) is 23.2 Å². The molecule has 112 valence electrons. The second kappa shape index (κ2) is 7.81. The fourth-order valence-corrected chi connectivity index (χ4v) is 3.36. The molecule has 0 aliphatic rings. The molecule has 0 heterocycles. The van der Waals surface area contributed by atoms with Gasteiger partial charge in [-0.2, -0.15) is 0 Å². The van der Waals surface area contributed by atoms with Gasteiger partial charge in [-0.1, -0.05) is 0 Å². The number of nitro groups is 1. The number of alkyl halides is 2. The van der Waals surface area contributed by atoms with Gasteiger partial charge < -0.3 is 4.52 Å². The molecule has 0 radical (unpaired) electrons. The maximum atomic E-state index is 12.3. The highest BCUT2D eigenvalue weighted by molar-refractivity contribution is 7.54. The van der Waals surface area contributed by atoms with E-state index in [-0.39, 0.29) is 36.3 Å². The van der Waals surface area contributed by atoms with Gasteiger partial charge in [-0.05, 0) is 12.1 Å². The lowest BCUT2D eigenvalue weighted by molar-refractivity contribution is -0.384. The third kappa shape index (κ3) is 4.92. The van der Waals surface area contributed by atoms with Crippen LogP contribution >= 0.6 is 30.9 Å². The van der Waals surface area contributed by atoms with Gasteiger partial charge in [0, 0.05) is 37.0 Å². The molecule has 0 saturated heterocycles. The van der Waals surface area contributed by atoms with Gasteiger partial charge in [0.25, 0.3) is 5.69 Å². The molecule has 0 amide bonds. The van der Waals surface area contributed by atoms with Crippen LogP contribution in [-0.4, -0.2) is 34.4 Å². The van der Waals surface area contributed by atoms with E-state index in [1.54, 1.807) is 0 Å². The highest BCUT2D eigenvalue weighted by atomic mass is 35.5. The van der Waals surface area contributed by atoms with E-state index in [0.717, 1.165) is 0 Å². The Kier molecular flexibility index (Phi) is 6.71. The van der Waals surface area contributed by atoms with Crippen LogP contribution in [0.15, 0.2) is 24.3 Å². The molecule has 1 aromatic carbocycles. The first-order valence-corrected chi connectivity index (χ1v) is 8.32. The molecule has 0 fully saturated rings. The first kappa shape index (κ1) is 17.2. The van der Waals surface area contributed by atoms with Gasteiger partial charge in [-0.25, -0.2) is 14.7 Å². The summed E-state index contributed by atoms with van der Waals surface area (Å²) < 4.78 is 18.9. The van der Waals surface area contributed by atoms with E-state index in [2.05, 4.69) is 0 Å². The van der Waals surface area contributed by atoms with E-state index in [1.165, 1.54) is 28.9 Å². The van der Waals surface area contributed by atoms with Crippen LogP contribution in [0.3, 0.4) is 0 Å². The number of halogens is 2. The summed E-state index contributed by atoms with van der Waals surface area (Å²) in [4.78, 5) is 9.98. The van der Waals surface area contributed by atoms with Gasteiger partial charge in [0.1, 0.15) is 5.75 Å². The predicted molar refractivity (Wildman–Crippen MR) is 78.5 cm³/mol.